The molecule has 1 saturated heterocycles. The van der Waals surface area contributed by atoms with Gasteiger partial charge in [-0.2, -0.15) is 0 Å². The van der Waals surface area contributed by atoms with Crippen LogP contribution >= 0.6 is 0 Å². The highest BCUT2D eigenvalue weighted by molar-refractivity contribution is 6.07. The quantitative estimate of drug-likeness (QED) is 0.324. The average molecular weight is 408 g/mol. The van der Waals surface area contributed by atoms with E-state index in [1.54, 1.807) is 0 Å². The molecule has 1 unspecified atom stereocenters. The van der Waals surface area contributed by atoms with Crippen molar-refractivity contribution in [2.75, 3.05) is 13.1 Å². The average Bonchev–Trinajstić information content (AvgIpc) is 3.22. The number of hydrogen-bond acceptors (Lipinski definition) is 3. The lowest BCUT2D eigenvalue weighted by molar-refractivity contribution is -0.121. The van der Waals surface area contributed by atoms with Gasteiger partial charge in [-0.25, -0.2) is 0 Å². The predicted octanol–water partition coefficient (Wildman–Crippen LogP) is 5.46. The van der Waals surface area contributed by atoms with Gasteiger partial charge in [-0.15, -0.1) is 0 Å². The number of hydrogen-bond donors (Lipinski definition) is 2. The summed E-state index contributed by atoms with van der Waals surface area (Å²) in [5.74, 6) is 0.275. The van der Waals surface area contributed by atoms with Crippen LogP contribution in [0, 0.1) is 17.2 Å². The fourth-order valence-electron chi connectivity index (χ4n) is 3.55. The fraction of sp³-hybridized carbons (Fsp3) is 0.462. The number of benzene rings is 1. The van der Waals surface area contributed by atoms with E-state index in [0.29, 0.717) is 5.92 Å². The molecular weight excluding hydrogens is 370 g/mol. The van der Waals surface area contributed by atoms with Crippen LogP contribution in [0.3, 0.4) is 0 Å². The highest BCUT2D eigenvalue weighted by Crippen LogP contribution is 2.16. The molecule has 162 valence electrons. The molecule has 0 aromatic heterocycles. The van der Waals surface area contributed by atoms with Crippen molar-refractivity contribution in [1.82, 2.24) is 10.2 Å². The monoisotopic (exact) mass is 407 g/mol. The minimum Gasteiger partial charge on any atom is -0.310 e. The van der Waals surface area contributed by atoms with E-state index in [1.807, 2.05) is 56.4 Å². The largest absolute Gasteiger partial charge is 0.310 e. The summed E-state index contributed by atoms with van der Waals surface area (Å²) in [7, 11) is 0. The number of rotatable bonds is 9. The number of carbonyl (C=O) groups is 1. The highest BCUT2D eigenvalue weighted by atomic mass is 16.1. The van der Waals surface area contributed by atoms with Crippen LogP contribution in [-0.2, 0) is 11.3 Å². The summed E-state index contributed by atoms with van der Waals surface area (Å²) in [4.78, 5) is 15.2. The van der Waals surface area contributed by atoms with Gasteiger partial charge < -0.3 is 5.32 Å². The second kappa shape index (κ2) is 12.3. The van der Waals surface area contributed by atoms with Crippen molar-refractivity contribution < 1.29 is 4.79 Å². The third-order valence-corrected chi connectivity index (χ3v) is 5.35. The number of carbonyl (C=O) groups excluding carboxylic acids is 1. The van der Waals surface area contributed by atoms with Gasteiger partial charge in [-0.1, -0.05) is 62.4 Å². The zero-order valence-electron chi connectivity index (χ0n) is 18.9. The van der Waals surface area contributed by atoms with Crippen molar-refractivity contribution in [3.05, 3.63) is 71.3 Å². The first-order chi connectivity index (χ1) is 14.4. The second-order valence-electron chi connectivity index (χ2n) is 8.49. The molecule has 1 aliphatic heterocycles. The van der Waals surface area contributed by atoms with Gasteiger partial charge in [0.05, 0.1) is 5.92 Å². The summed E-state index contributed by atoms with van der Waals surface area (Å²) < 4.78 is 0. The van der Waals surface area contributed by atoms with Crippen molar-refractivity contribution in [3.63, 3.8) is 0 Å². The Labute approximate surface area is 182 Å². The van der Waals surface area contributed by atoms with E-state index in [0.717, 1.165) is 37.2 Å². The smallest absolute Gasteiger partial charge is 0.232 e. The first kappa shape index (κ1) is 23.8. The maximum atomic E-state index is 12.8. The predicted molar refractivity (Wildman–Crippen MR) is 127 cm³/mol. The summed E-state index contributed by atoms with van der Waals surface area (Å²) in [6.45, 7) is 11.4. The number of nitrogens with one attached hydrogen (secondary N) is 2. The number of likely N-dealkylation sites (tertiary alicyclic amines) is 1. The van der Waals surface area contributed by atoms with Crippen molar-refractivity contribution >= 4 is 11.7 Å². The van der Waals surface area contributed by atoms with E-state index in [4.69, 9.17) is 5.41 Å². The normalized spacial score (nSPS) is 16.6. The Morgan fingerprint density at radius 3 is 2.63 bits per heavy atom. The van der Waals surface area contributed by atoms with Gasteiger partial charge in [0.2, 0.25) is 5.91 Å². The highest BCUT2D eigenvalue weighted by Gasteiger charge is 2.18. The number of amidine groups is 1. The van der Waals surface area contributed by atoms with E-state index >= 15 is 0 Å². The Kier molecular flexibility index (Phi) is 9.75. The van der Waals surface area contributed by atoms with Crippen LogP contribution in [0.2, 0.25) is 0 Å². The van der Waals surface area contributed by atoms with Crippen LogP contribution in [0.25, 0.3) is 0 Å². The molecular formula is C26H37N3O. The fourth-order valence-corrected chi connectivity index (χ4v) is 3.55. The molecule has 0 radical (unpaired) electrons. The Morgan fingerprint density at radius 2 is 1.97 bits per heavy atom. The van der Waals surface area contributed by atoms with Crippen molar-refractivity contribution in [2.24, 2.45) is 11.8 Å². The lowest BCUT2D eigenvalue weighted by Crippen LogP contribution is -2.35. The van der Waals surface area contributed by atoms with E-state index in [-0.39, 0.29) is 17.7 Å². The van der Waals surface area contributed by atoms with Crippen LogP contribution in [0.1, 0.15) is 58.1 Å². The van der Waals surface area contributed by atoms with Gasteiger partial charge in [-0.05, 0) is 69.3 Å². The molecule has 2 N–H and O–H groups in total. The van der Waals surface area contributed by atoms with Crippen molar-refractivity contribution in [2.45, 2.75) is 53.5 Å². The van der Waals surface area contributed by atoms with Gasteiger partial charge >= 0.3 is 0 Å². The third-order valence-electron chi connectivity index (χ3n) is 5.35. The topological polar surface area (TPSA) is 56.2 Å². The standard InChI is InChI=1S/C26H37N3O/c1-5-11-23(14-7-6-12-20(2)3)21(4)26(30)28-25(27)24-15-10-13-22(18-24)19-29-16-8-9-17-29/h5-7,10-11,13-15,18,20-21H,8-9,12,16-17,19H2,1-4H3,(H2,27,28,30)/b7-6+,11-5-,23-14+. The zero-order valence-corrected chi connectivity index (χ0v) is 18.9. The zero-order chi connectivity index (χ0) is 21.9. The molecule has 4 heteroatoms. The molecule has 1 aliphatic rings. The van der Waals surface area contributed by atoms with Gasteiger partial charge in [0.15, 0.2) is 0 Å². The first-order valence-electron chi connectivity index (χ1n) is 11.1. The van der Waals surface area contributed by atoms with Crippen LogP contribution in [-0.4, -0.2) is 29.7 Å². The molecule has 4 nitrogen and oxygen atoms in total. The Morgan fingerprint density at radius 1 is 1.23 bits per heavy atom. The molecule has 1 atom stereocenters. The van der Waals surface area contributed by atoms with Crippen LogP contribution in [0.5, 0.6) is 0 Å². The van der Waals surface area contributed by atoms with E-state index < -0.39 is 0 Å². The molecule has 30 heavy (non-hydrogen) atoms. The molecule has 0 spiro atoms. The minimum absolute atomic E-state index is 0.158. The number of allylic oxidation sites excluding steroid dienone is 5. The maximum absolute atomic E-state index is 12.8. The summed E-state index contributed by atoms with van der Waals surface area (Å²) in [5.41, 5.74) is 2.87. The van der Waals surface area contributed by atoms with Gasteiger partial charge in [0.25, 0.3) is 0 Å². The van der Waals surface area contributed by atoms with Gasteiger partial charge in [0, 0.05) is 12.1 Å². The lowest BCUT2D eigenvalue weighted by Gasteiger charge is -2.16. The molecule has 0 bridgehead atoms. The molecule has 0 aliphatic carbocycles. The molecule has 1 heterocycles. The first-order valence-corrected chi connectivity index (χ1v) is 11.1. The summed E-state index contributed by atoms with van der Waals surface area (Å²) in [6.07, 6.45) is 13.6. The molecule has 2 rings (SSSR count). The summed E-state index contributed by atoms with van der Waals surface area (Å²) >= 11 is 0. The van der Waals surface area contributed by atoms with Gasteiger partial charge in [0.1, 0.15) is 5.84 Å². The Bertz CT molecular complexity index is 798. The SMILES string of the molecule is C\C=C/C(=C\C=C\CC(C)C)C(C)C(=O)NC(=N)c1cccc(CN2CCCC2)c1. The van der Waals surface area contributed by atoms with E-state index in [1.165, 1.54) is 18.4 Å². The molecule has 0 saturated carbocycles. The molecule has 1 aromatic carbocycles. The maximum Gasteiger partial charge on any atom is 0.232 e. The number of nitrogens with zero attached hydrogens (tertiary/aromatic N) is 1. The van der Waals surface area contributed by atoms with Crippen LogP contribution in [0.15, 0.2) is 60.2 Å². The Balaban J connectivity index is 2.01. The van der Waals surface area contributed by atoms with Crippen LogP contribution < -0.4 is 5.32 Å². The Hall–Kier alpha value is -2.46. The third kappa shape index (κ3) is 7.75. The van der Waals surface area contributed by atoms with E-state index in [2.05, 4.69) is 36.2 Å². The second-order valence-corrected chi connectivity index (χ2v) is 8.49. The van der Waals surface area contributed by atoms with Gasteiger partial charge in [-0.3, -0.25) is 15.1 Å². The van der Waals surface area contributed by atoms with Crippen molar-refractivity contribution in [1.29, 1.82) is 5.41 Å². The summed E-state index contributed by atoms with van der Waals surface area (Å²) in [6, 6.07) is 7.96. The van der Waals surface area contributed by atoms with E-state index in [9.17, 15) is 4.79 Å². The molecule has 1 amide bonds. The van der Waals surface area contributed by atoms with Crippen molar-refractivity contribution in [3.8, 4) is 0 Å². The molecule has 1 aromatic rings. The minimum atomic E-state index is -0.335. The number of amides is 1. The lowest BCUT2D eigenvalue weighted by atomic mass is 9.98. The van der Waals surface area contributed by atoms with Crippen LogP contribution in [0.4, 0.5) is 0 Å². The molecule has 1 fully saturated rings. The summed E-state index contributed by atoms with van der Waals surface area (Å²) in [5, 5.41) is 11.2.